The van der Waals surface area contributed by atoms with Gasteiger partial charge in [0.05, 0.1) is 6.10 Å². The maximum atomic E-state index is 12.2. The normalized spacial score (nSPS) is 16.8. The Hall–Kier alpha value is -1.35. The molecule has 0 fully saturated rings. The Kier molecular flexibility index (Phi) is 4.48. The average Bonchev–Trinajstić information content (AvgIpc) is 2.77. The second-order valence-electron chi connectivity index (χ2n) is 7.04. The van der Waals surface area contributed by atoms with Crippen LogP contribution in [-0.4, -0.2) is 23.7 Å². The van der Waals surface area contributed by atoms with Crippen molar-refractivity contribution in [2.45, 2.75) is 46.1 Å². The molecule has 1 aliphatic rings. The van der Waals surface area contributed by atoms with Crippen molar-refractivity contribution in [1.29, 1.82) is 0 Å². The van der Waals surface area contributed by atoms with Gasteiger partial charge in [-0.15, -0.1) is 0 Å². The molecule has 3 heteroatoms. The molecule has 1 aromatic carbocycles. The number of amides is 1. The fourth-order valence-electron chi connectivity index (χ4n) is 2.89. The first-order valence-corrected chi connectivity index (χ1v) is 7.38. The molecule has 1 unspecified atom stereocenters. The van der Waals surface area contributed by atoms with Crippen molar-refractivity contribution in [3.05, 3.63) is 35.4 Å². The summed E-state index contributed by atoms with van der Waals surface area (Å²) in [5, 5.41) is 12.8. The molecule has 1 aromatic rings. The number of hydrogen-bond acceptors (Lipinski definition) is 2. The molecule has 0 saturated heterocycles. The number of hydrogen-bond donors (Lipinski definition) is 2. The lowest BCUT2D eigenvalue weighted by Gasteiger charge is -2.23. The van der Waals surface area contributed by atoms with Gasteiger partial charge in [0.1, 0.15) is 0 Å². The summed E-state index contributed by atoms with van der Waals surface area (Å²) < 4.78 is 0. The Morgan fingerprint density at radius 2 is 1.85 bits per heavy atom. The van der Waals surface area contributed by atoms with Crippen molar-refractivity contribution in [3.63, 3.8) is 0 Å². The molecule has 0 saturated carbocycles. The van der Waals surface area contributed by atoms with Gasteiger partial charge < -0.3 is 10.4 Å². The van der Waals surface area contributed by atoms with Crippen LogP contribution in [0.1, 0.15) is 38.3 Å². The second kappa shape index (κ2) is 5.96. The van der Waals surface area contributed by atoms with Crippen LogP contribution in [-0.2, 0) is 17.6 Å². The van der Waals surface area contributed by atoms with Crippen LogP contribution in [0, 0.1) is 11.3 Å². The van der Waals surface area contributed by atoms with Gasteiger partial charge in [-0.25, -0.2) is 0 Å². The molecule has 3 nitrogen and oxygen atoms in total. The molecule has 0 radical (unpaired) electrons. The predicted molar refractivity (Wildman–Crippen MR) is 80.4 cm³/mol. The van der Waals surface area contributed by atoms with Crippen LogP contribution in [0.2, 0.25) is 0 Å². The molecule has 1 atom stereocenters. The third-order valence-corrected chi connectivity index (χ3v) is 3.78. The van der Waals surface area contributed by atoms with Crippen LogP contribution in [0.25, 0.3) is 0 Å². The minimum absolute atomic E-state index is 0.0224. The molecule has 0 bridgehead atoms. The Bertz CT molecular complexity index is 451. The third-order valence-electron chi connectivity index (χ3n) is 3.78. The molecule has 1 amide bonds. The van der Waals surface area contributed by atoms with Gasteiger partial charge >= 0.3 is 0 Å². The minimum atomic E-state index is -0.470. The summed E-state index contributed by atoms with van der Waals surface area (Å²) in [5.74, 6) is 0.0865. The van der Waals surface area contributed by atoms with Gasteiger partial charge in [-0.2, -0.15) is 0 Å². The zero-order chi connectivity index (χ0) is 14.8. The summed E-state index contributed by atoms with van der Waals surface area (Å²) >= 11 is 0. The highest BCUT2D eigenvalue weighted by Gasteiger charge is 2.27. The summed E-state index contributed by atoms with van der Waals surface area (Å²) in [6.45, 7) is 6.62. The van der Waals surface area contributed by atoms with E-state index in [-0.39, 0.29) is 17.2 Å². The van der Waals surface area contributed by atoms with Crippen molar-refractivity contribution in [3.8, 4) is 0 Å². The summed E-state index contributed by atoms with van der Waals surface area (Å²) in [6, 6.07) is 8.23. The van der Waals surface area contributed by atoms with E-state index in [2.05, 4.69) is 38.2 Å². The van der Waals surface area contributed by atoms with Crippen molar-refractivity contribution in [2.75, 3.05) is 6.54 Å². The Morgan fingerprint density at radius 1 is 1.30 bits per heavy atom. The van der Waals surface area contributed by atoms with Crippen LogP contribution in [0.5, 0.6) is 0 Å². The Balaban J connectivity index is 1.80. The van der Waals surface area contributed by atoms with E-state index in [0.29, 0.717) is 13.0 Å². The minimum Gasteiger partial charge on any atom is -0.391 e. The maximum absolute atomic E-state index is 12.2. The van der Waals surface area contributed by atoms with Gasteiger partial charge in [0, 0.05) is 12.5 Å². The zero-order valence-corrected chi connectivity index (χ0v) is 12.6. The van der Waals surface area contributed by atoms with Crippen LogP contribution in [0.3, 0.4) is 0 Å². The van der Waals surface area contributed by atoms with Gasteiger partial charge in [-0.05, 0) is 35.8 Å². The van der Waals surface area contributed by atoms with E-state index < -0.39 is 6.10 Å². The average molecular weight is 275 g/mol. The zero-order valence-electron chi connectivity index (χ0n) is 12.6. The number of benzene rings is 1. The van der Waals surface area contributed by atoms with Crippen LogP contribution in [0.4, 0.5) is 0 Å². The number of carbonyl (C=O) groups excluding carboxylic acids is 1. The summed E-state index contributed by atoms with van der Waals surface area (Å²) in [5.41, 5.74) is 2.64. The second-order valence-corrected chi connectivity index (χ2v) is 7.04. The smallest absolute Gasteiger partial charge is 0.223 e. The molecular formula is C17H25NO2. The lowest BCUT2D eigenvalue weighted by atomic mass is 9.89. The molecule has 1 aliphatic carbocycles. The topological polar surface area (TPSA) is 49.3 Å². The number of nitrogens with one attached hydrogen (secondary N) is 1. The van der Waals surface area contributed by atoms with Crippen LogP contribution >= 0.6 is 0 Å². The Morgan fingerprint density at radius 3 is 2.35 bits per heavy atom. The van der Waals surface area contributed by atoms with Crippen molar-refractivity contribution in [1.82, 2.24) is 5.32 Å². The molecular weight excluding hydrogens is 250 g/mol. The standard InChI is InChI=1S/C17H25NO2/c1-17(2,3)10-15(19)11-18-16(20)14-8-12-6-4-5-7-13(12)9-14/h4-7,14-15,19H,8-11H2,1-3H3,(H,18,20). The van der Waals surface area contributed by atoms with Gasteiger partial charge in [0.2, 0.25) is 5.91 Å². The maximum Gasteiger partial charge on any atom is 0.223 e. The van der Waals surface area contributed by atoms with Crippen molar-refractivity contribution < 1.29 is 9.90 Å². The van der Waals surface area contributed by atoms with E-state index in [1.54, 1.807) is 0 Å². The fourth-order valence-corrected chi connectivity index (χ4v) is 2.89. The highest BCUT2D eigenvalue weighted by Crippen LogP contribution is 2.26. The molecule has 110 valence electrons. The highest BCUT2D eigenvalue weighted by atomic mass is 16.3. The van der Waals surface area contributed by atoms with Crippen molar-refractivity contribution in [2.24, 2.45) is 11.3 Å². The number of carbonyl (C=O) groups is 1. The van der Waals surface area contributed by atoms with Gasteiger partial charge in [-0.1, -0.05) is 45.0 Å². The van der Waals surface area contributed by atoms with Gasteiger partial charge in [0.25, 0.3) is 0 Å². The van der Waals surface area contributed by atoms with E-state index in [4.69, 9.17) is 0 Å². The highest BCUT2D eigenvalue weighted by molar-refractivity contribution is 5.80. The lowest BCUT2D eigenvalue weighted by molar-refractivity contribution is -0.125. The van der Waals surface area contributed by atoms with E-state index >= 15 is 0 Å². The first-order valence-electron chi connectivity index (χ1n) is 7.38. The molecule has 0 aromatic heterocycles. The van der Waals surface area contributed by atoms with Gasteiger partial charge in [-0.3, -0.25) is 4.79 Å². The van der Waals surface area contributed by atoms with Crippen molar-refractivity contribution >= 4 is 5.91 Å². The number of aliphatic hydroxyl groups excluding tert-OH is 1. The van der Waals surface area contributed by atoms with E-state index in [1.807, 2.05) is 12.1 Å². The summed E-state index contributed by atoms with van der Waals surface area (Å²) in [6.07, 6.45) is 1.86. The predicted octanol–water partition coefficient (Wildman–Crippen LogP) is 2.31. The molecule has 0 heterocycles. The molecule has 2 N–H and O–H groups in total. The van der Waals surface area contributed by atoms with Gasteiger partial charge in [0.15, 0.2) is 0 Å². The van der Waals surface area contributed by atoms with E-state index in [9.17, 15) is 9.90 Å². The first-order chi connectivity index (χ1) is 9.35. The summed E-state index contributed by atoms with van der Waals surface area (Å²) in [7, 11) is 0. The quantitative estimate of drug-likeness (QED) is 0.886. The Labute approximate surface area is 121 Å². The molecule has 20 heavy (non-hydrogen) atoms. The molecule has 2 rings (SSSR count). The monoisotopic (exact) mass is 275 g/mol. The lowest BCUT2D eigenvalue weighted by Crippen LogP contribution is -2.38. The largest absolute Gasteiger partial charge is 0.391 e. The SMILES string of the molecule is CC(C)(C)CC(O)CNC(=O)C1Cc2ccccc2C1. The van der Waals surface area contributed by atoms with Crippen LogP contribution in [0.15, 0.2) is 24.3 Å². The fraction of sp³-hybridized carbons (Fsp3) is 0.588. The first kappa shape index (κ1) is 15.0. The van der Waals surface area contributed by atoms with Crippen LogP contribution < -0.4 is 5.32 Å². The number of aliphatic hydroxyl groups is 1. The van der Waals surface area contributed by atoms with E-state index in [0.717, 1.165) is 12.8 Å². The number of rotatable bonds is 4. The third kappa shape index (κ3) is 4.07. The molecule has 0 spiro atoms. The molecule has 0 aliphatic heterocycles. The summed E-state index contributed by atoms with van der Waals surface area (Å²) in [4.78, 5) is 12.2. The number of fused-ring (bicyclic) bond motifs is 1. The van der Waals surface area contributed by atoms with E-state index in [1.165, 1.54) is 11.1 Å².